The molecule has 0 rings (SSSR count). The Labute approximate surface area is 105 Å². The van der Waals surface area contributed by atoms with Crippen LogP contribution in [0.2, 0.25) is 0 Å². The highest BCUT2D eigenvalue weighted by molar-refractivity contribution is 8.76. The summed E-state index contributed by atoms with van der Waals surface area (Å²) in [6.45, 7) is 0. The molecule has 0 fully saturated rings. The van der Waals surface area contributed by atoms with Gasteiger partial charge < -0.3 is 0 Å². The van der Waals surface area contributed by atoms with Gasteiger partial charge in [-0.1, -0.05) is 21.6 Å². The summed E-state index contributed by atoms with van der Waals surface area (Å²) in [6, 6.07) is 0. The van der Waals surface area contributed by atoms with Crippen molar-refractivity contribution in [2.45, 2.75) is 0 Å². The molecular weight excluding hydrogens is 264 g/mol. The molecule has 0 aliphatic carbocycles. The topological polar surface area (TPSA) is 0 Å². The average Bonchev–Trinajstić information content (AvgIpc) is 2.10. The lowest BCUT2D eigenvalue weighted by molar-refractivity contribution is 2.37. The number of thiocarbonyl (C=S) groups is 2. The number of thioether (sulfide) groups is 1. The molecule has 0 bridgehead atoms. The van der Waals surface area contributed by atoms with Gasteiger partial charge in [0.1, 0.15) is 0 Å². The van der Waals surface area contributed by atoms with Crippen LogP contribution in [0.4, 0.5) is 0 Å². The number of rotatable bonds is 1. The lowest BCUT2D eigenvalue weighted by Crippen LogP contribution is -1.28. The molecule has 0 N–H and O–H groups in total. The zero-order chi connectivity index (χ0) is 10.8. The smallest absolute Gasteiger partial charge is 0.0297 e. The van der Waals surface area contributed by atoms with Crippen LogP contribution in [0.1, 0.15) is 0 Å². The van der Waals surface area contributed by atoms with Crippen LogP contribution in [-0.2, 0) is 0 Å². The Balaban J connectivity index is -0.0000000368. The molecule has 0 aliphatic rings. The van der Waals surface area contributed by atoms with Crippen molar-refractivity contribution in [3.63, 3.8) is 0 Å². The molecule has 0 aliphatic heterocycles. The molecule has 0 aromatic carbocycles. The minimum Gasteiger partial charge on any atom is -0.183 e. The van der Waals surface area contributed by atoms with Crippen LogP contribution in [-0.4, -0.2) is 35.6 Å². The van der Waals surface area contributed by atoms with Crippen molar-refractivity contribution in [1.29, 1.82) is 0 Å². The van der Waals surface area contributed by atoms with Crippen LogP contribution in [0.5, 0.6) is 0 Å². The highest BCUT2D eigenvalue weighted by Gasteiger charge is 1.55. The number of hydrogen-bond donors (Lipinski definition) is 1. The minimum atomic E-state index is 1.69. The molecular formula is C6H16S6. The molecule has 0 saturated carbocycles. The van der Waals surface area contributed by atoms with E-state index in [0.29, 0.717) is 0 Å². The van der Waals surface area contributed by atoms with Gasteiger partial charge in [-0.2, -0.15) is 24.4 Å². The first kappa shape index (κ1) is 23.4. The van der Waals surface area contributed by atoms with Crippen LogP contribution >= 0.6 is 70.4 Å². The Morgan fingerprint density at radius 3 is 1.00 bits per heavy atom. The Morgan fingerprint density at radius 2 is 1.00 bits per heavy atom. The lowest BCUT2D eigenvalue weighted by atomic mass is 11.9. The predicted octanol–water partition coefficient (Wildman–Crippen LogP) is 4.17. The molecule has 6 heteroatoms. The van der Waals surface area contributed by atoms with Gasteiger partial charge in [0.2, 0.25) is 0 Å². The lowest BCUT2D eigenvalue weighted by Gasteiger charge is -1.69. The molecule has 0 saturated heterocycles. The van der Waals surface area contributed by atoms with Crippen molar-refractivity contribution < 1.29 is 0 Å². The highest BCUT2D eigenvalue weighted by Crippen LogP contribution is 2.09. The highest BCUT2D eigenvalue weighted by atomic mass is 33.1. The summed E-state index contributed by atoms with van der Waals surface area (Å²) in [7, 11) is 3.55. The van der Waals surface area contributed by atoms with Gasteiger partial charge in [0, 0.05) is 4.31 Å². The summed E-state index contributed by atoms with van der Waals surface area (Å²) in [4.78, 5) is 0. The molecule has 0 atom stereocenters. The van der Waals surface area contributed by atoms with Crippen molar-refractivity contribution >= 4 is 74.7 Å². The zero-order valence-electron chi connectivity index (χ0n) is 7.99. The summed E-state index contributed by atoms with van der Waals surface area (Å²) < 4.78 is 1.92. The standard InChI is InChI=1S/C2H6S2.C2H6S.CS2.CH4S/c1-3-4-2;1-3-2;2-1-3;1-2/h1-2H3;1-2H3;;2H,1H3. The first-order valence-electron chi connectivity index (χ1n) is 2.66. The molecule has 0 unspecified atom stereocenters. The van der Waals surface area contributed by atoms with Gasteiger partial charge in [0.05, 0.1) is 0 Å². The van der Waals surface area contributed by atoms with E-state index >= 15 is 0 Å². The average molecular weight is 281 g/mol. The van der Waals surface area contributed by atoms with Crippen molar-refractivity contribution in [2.24, 2.45) is 0 Å². The Kier molecular flexibility index (Phi) is 105. The molecule has 0 radical (unpaired) electrons. The van der Waals surface area contributed by atoms with E-state index in [1.807, 2.05) is 16.8 Å². The molecule has 0 spiro atoms. The summed E-state index contributed by atoms with van der Waals surface area (Å²) >= 11 is 13.2. The van der Waals surface area contributed by atoms with Crippen LogP contribution in [0.25, 0.3) is 0 Å². The second kappa shape index (κ2) is 54.0. The molecule has 12 heavy (non-hydrogen) atoms. The second-order valence-corrected chi connectivity index (χ2v) is 4.97. The SMILES string of the molecule is CS.CSC.CSSC.S=C=S. The van der Waals surface area contributed by atoms with Crippen molar-refractivity contribution in [2.75, 3.05) is 31.3 Å². The molecule has 0 heterocycles. The third-order valence-corrected chi connectivity index (χ3v) is 1.50. The fraction of sp³-hybridized carbons (Fsp3) is 0.833. The maximum atomic E-state index is 3.96. The molecule has 76 valence electrons. The molecule has 0 aromatic rings. The van der Waals surface area contributed by atoms with E-state index < -0.39 is 0 Å². The Hall–Kier alpha value is 1.62. The van der Waals surface area contributed by atoms with Gasteiger partial charge in [0.15, 0.2) is 0 Å². The van der Waals surface area contributed by atoms with E-state index in [0.717, 1.165) is 0 Å². The van der Waals surface area contributed by atoms with Gasteiger partial charge in [0.25, 0.3) is 0 Å². The van der Waals surface area contributed by atoms with Gasteiger partial charge in [-0.15, -0.1) is 0 Å². The normalized spacial score (nSPS) is 5.17. The summed E-state index contributed by atoms with van der Waals surface area (Å²) in [5.74, 6) is 0. The van der Waals surface area contributed by atoms with Crippen LogP contribution in [0, 0.1) is 0 Å². The van der Waals surface area contributed by atoms with Gasteiger partial charge >= 0.3 is 0 Å². The molecule has 0 amide bonds. The summed E-state index contributed by atoms with van der Waals surface area (Å²) in [5, 5.41) is 0. The maximum absolute atomic E-state index is 3.96. The zero-order valence-corrected chi connectivity index (χ0v) is 13.0. The summed E-state index contributed by atoms with van der Waals surface area (Å²) in [6.07, 6.45) is 9.90. The second-order valence-electron chi connectivity index (χ2n) is 0.825. The summed E-state index contributed by atoms with van der Waals surface area (Å²) in [5.41, 5.74) is 0. The van der Waals surface area contributed by atoms with E-state index in [1.54, 1.807) is 39.6 Å². The van der Waals surface area contributed by atoms with Crippen molar-refractivity contribution in [3.05, 3.63) is 0 Å². The van der Waals surface area contributed by atoms with Crippen LogP contribution in [0.3, 0.4) is 0 Å². The van der Waals surface area contributed by atoms with E-state index in [4.69, 9.17) is 0 Å². The van der Waals surface area contributed by atoms with Gasteiger partial charge in [-0.3, -0.25) is 0 Å². The fourth-order valence-corrected chi connectivity index (χ4v) is 0. The third kappa shape index (κ3) is 191. The van der Waals surface area contributed by atoms with Crippen molar-refractivity contribution in [1.82, 2.24) is 0 Å². The van der Waals surface area contributed by atoms with Crippen LogP contribution in [0.15, 0.2) is 0 Å². The van der Waals surface area contributed by atoms with Crippen LogP contribution < -0.4 is 0 Å². The minimum absolute atomic E-state index is 1.69. The number of hydrogen-bond acceptors (Lipinski definition) is 6. The van der Waals surface area contributed by atoms with Gasteiger partial charge in [-0.25, -0.2) is 0 Å². The molecule has 0 aromatic heterocycles. The van der Waals surface area contributed by atoms with Crippen molar-refractivity contribution in [3.8, 4) is 0 Å². The number of thiol groups is 1. The third-order valence-electron chi connectivity index (χ3n) is 0.167. The quantitative estimate of drug-likeness (QED) is 0.433. The molecule has 0 nitrogen and oxygen atoms in total. The Morgan fingerprint density at radius 1 is 0.917 bits per heavy atom. The van der Waals surface area contributed by atoms with E-state index in [-0.39, 0.29) is 0 Å². The Bertz CT molecular complexity index is 57.1. The first-order valence-corrected chi connectivity index (χ1v) is 8.97. The first-order chi connectivity index (χ1) is 5.74. The van der Waals surface area contributed by atoms with E-state index in [2.05, 4.69) is 49.6 Å². The monoisotopic (exact) mass is 280 g/mol. The van der Waals surface area contributed by atoms with E-state index in [1.165, 1.54) is 0 Å². The maximum Gasteiger partial charge on any atom is 0.0297 e. The van der Waals surface area contributed by atoms with Gasteiger partial charge in [-0.05, 0) is 55.7 Å². The van der Waals surface area contributed by atoms with E-state index in [9.17, 15) is 0 Å². The largest absolute Gasteiger partial charge is 0.183 e. The predicted molar refractivity (Wildman–Crippen MR) is 81.6 cm³/mol. The fourth-order valence-electron chi connectivity index (χ4n) is 0.